The Bertz CT molecular complexity index is 648. The monoisotopic (exact) mass is 316 g/mol. The first kappa shape index (κ1) is 15.8. The Labute approximate surface area is 122 Å². The van der Waals surface area contributed by atoms with Gasteiger partial charge in [-0.3, -0.25) is 10.1 Å². The number of halogens is 1. The SMILES string of the molecule is CC1CCCCC1NS(=O)(=O)c1cccc(F)c1[N+](=O)[O-]. The maximum Gasteiger partial charge on any atom is 0.324 e. The van der Waals surface area contributed by atoms with E-state index >= 15 is 0 Å². The summed E-state index contributed by atoms with van der Waals surface area (Å²) in [6.45, 7) is 1.94. The van der Waals surface area contributed by atoms with Crippen molar-refractivity contribution in [3.05, 3.63) is 34.1 Å². The molecule has 1 aliphatic carbocycles. The molecule has 0 aliphatic heterocycles. The number of nitro benzene ring substituents is 1. The first-order valence-electron chi connectivity index (χ1n) is 6.78. The number of sulfonamides is 1. The Kier molecular flexibility index (Phi) is 4.58. The fourth-order valence-electron chi connectivity index (χ4n) is 2.64. The van der Waals surface area contributed by atoms with E-state index in [0.29, 0.717) is 6.42 Å². The highest BCUT2D eigenvalue weighted by Crippen LogP contribution is 2.29. The van der Waals surface area contributed by atoms with E-state index in [1.807, 2.05) is 6.92 Å². The average molecular weight is 316 g/mol. The number of nitro groups is 1. The van der Waals surface area contributed by atoms with Crippen LogP contribution in [0.2, 0.25) is 0 Å². The molecule has 2 atom stereocenters. The van der Waals surface area contributed by atoms with E-state index in [0.717, 1.165) is 37.5 Å². The van der Waals surface area contributed by atoms with Crippen LogP contribution >= 0.6 is 0 Å². The predicted molar refractivity (Wildman–Crippen MR) is 74.8 cm³/mol. The van der Waals surface area contributed by atoms with Gasteiger partial charge in [0.15, 0.2) is 4.90 Å². The average Bonchev–Trinajstić information content (AvgIpc) is 2.40. The van der Waals surface area contributed by atoms with Gasteiger partial charge < -0.3 is 0 Å². The summed E-state index contributed by atoms with van der Waals surface area (Å²) in [6.07, 6.45) is 3.53. The molecule has 0 spiro atoms. The lowest BCUT2D eigenvalue weighted by Gasteiger charge is -2.29. The third-order valence-electron chi connectivity index (χ3n) is 3.84. The summed E-state index contributed by atoms with van der Waals surface area (Å²) < 4.78 is 40.7. The molecule has 1 N–H and O–H groups in total. The van der Waals surface area contributed by atoms with Crippen LogP contribution in [0, 0.1) is 21.8 Å². The van der Waals surface area contributed by atoms with Gasteiger partial charge in [0, 0.05) is 6.04 Å². The van der Waals surface area contributed by atoms with Crippen LogP contribution in [0.25, 0.3) is 0 Å². The van der Waals surface area contributed by atoms with Gasteiger partial charge in [-0.2, -0.15) is 4.39 Å². The van der Waals surface area contributed by atoms with Crippen molar-refractivity contribution in [2.45, 2.75) is 43.5 Å². The number of para-hydroxylation sites is 1. The van der Waals surface area contributed by atoms with Crippen molar-refractivity contribution in [2.75, 3.05) is 0 Å². The van der Waals surface area contributed by atoms with Crippen LogP contribution in [0.1, 0.15) is 32.6 Å². The van der Waals surface area contributed by atoms with Gasteiger partial charge in [-0.1, -0.05) is 25.8 Å². The molecular formula is C13H17FN2O4S. The van der Waals surface area contributed by atoms with Crippen LogP contribution in [0.3, 0.4) is 0 Å². The molecule has 2 unspecified atom stereocenters. The molecule has 1 fully saturated rings. The molecule has 8 heteroatoms. The Morgan fingerprint density at radius 1 is 1.33 bits per heavy atom. The van der Waals surface area contributed by atoms with Crippen molar-refractivity contribution in [1.82, 2.24) is 4.72 Å². The second-order valence-electron chi connectivity index (χ2n) is 5.33. The maximum absolute atomic E-state index is 13.6. The van der Waals surface area contributed by atoms with Gasteiger partial charge in [0.1, 0.15) is 0 Å². The van der Waals surface area contributed by atoms with E-state index in [4.69, 9.17) is 0 Å². The predicted octanol–water partition coefficient (Wildman–Crippen LogP) is 2.59. The minimum absolute atomic E-state index is 0.154. The number of hydrogen-bond acceptors (Lipinski definition) is 4. The molecule has 6 nitrogen and oxygen atoms in total. The van der Waals surface area contributed by atoms with Gasteiger partial charge in [0.2, 0.25) is 15.8 Å². The van der Waals surface area contributed by atoms with Crippen molar-refractivity contribution in [3.8, 4) is 0 Å². The molecule has 1 aromatic carbocycles. The lowest BCUT2D eigenvalue weighted by Crippen LogP contribution is -2.41. The minimum atomic E-state index is -4.12. The zero-order chi connectivity index (χ0) is 15.6. The second kappa shape index (κ2) is 6.07. The molecular weight excluding hydrogens is 299 g/mol. The maximum atomic E-state index is 13.6. The molecule has 1 aliphatic rings. The zero-order valence-electron chi connectivity index (χ0n) is 11.6. The lowest BCUT2D eigenvalue weighted by atomic mass is 9.87. The van der Waals surface area contributed by atoms with Gasteiger partial charge in [-0.25, -0.2) is 13.1 Å². The summed E-state index contributed by atoms with van der Waals surface area (Å²) in [4.78, 5) is 9.29. The van der Waals surface area contributed by atoms with E-state index in [-0.39, 0.29) is 12.0 Å². The first-order valence-corrected chi connectivity index (χ1v) is 8.26. The summed E-state index contributed by atoms with van der Waals surface area (Å²) in [5.41, 5.74) is -1.01. The Balaban J connectivity index is 2.36. The summed E-state index contributed by atoms with van der Waals surface area (Å²) in [7, 11) is -4.12. The van der Waals surface area contributed by atoms with Gasteiger partial charge in [0.25, 0.3) is 0 Å². The Hall–Kier alpha value is -1.54. The number of hydrogen-bond donors (Lipinski definition) is 1. The number of rotatable bonds is 4. The third-order valence-corrected chi connectivity index (χ3v) is 5.36. The highest BCUT2D eigenvalue weighted by Gasteiger charge is 2.33. The van der Waals surface area contributed by atoms with E-state index < -0.39 is 31.3 Å². The van der Waals surface area contributed by atoms with Crippen LogP contribution in [-0.4, -0.2) is 19.4 Å². The molecule has 0 saturated heterocycles. The molecule has 21 heavy (non-hydrogen) atoms. The fraction of sp³-hybridized carbons (Fsp3) is 0.538. The van der Waals surface area contributed by atoms with Gasteiger partial charge >= 0.3 is 5.69 Å². The standard InChI is InChI=1S/C13H17FN2O4S/c1-9-5-2-3-7-11(9)15-21(19,20)12-8-4-6-10(14)13(12)16(17)18/h4,6,8-9,11,15H,2-3,5,7H2,1H3. The molecule has 116 valence electrons. The molecule has 1 aromatic rings. The van der Waals surface area contributed by atoms with E-state index in [9.17, 15) is 22.9 Å². The zero-order valence-corrected chi connectivity index (χ0v) is 12.4. The lowest BCUT2D eigenvalue weighted by molar-refractivity contribution is -0.390. The Morgan fingerprint density at radius 2 is 2.00 bits per heavy atom. The molecule has 1 saturated carbocycles. The molecule has 0 amide bonds. The highest BCUT2D eigenvalue weighted by atomic mass is 32.2. The summed E-state index contributed by atoms with van der Waals surface area (Å²) in [5.74, 6) is -0.999. The van der Waals surface area contributed by atoms with Crippen molar-refractivity contribution in [2.24, 2.45) is 5.92 Å². The summed E-state index contributed by atoms with van der Waals surface area (Å²) in [6, 6.07) is 2.81. The topological polar surface area (TPSA) is 89.3 Å². The summed E-state index contributed by atoms with van der Waals surface area (Å²) >= 11 is 0. The van der Waals surface area contributed by atoms with Crippen LogP contribution in [0.15, 0.2) is 23.1 Å². The highest BCUT2D eigenvalue weighted by molar-refractivity contribution is 7.89. The molecule has 0 aromatic heterocycles. The first-order chi connectivity index (χ1) is 9.83. The van der Waals surface area contributed by atoms with E-state index in [1.165, 1.54) is 0 Å². The number of benzene rings is 1. The molecule has 0 radical (unpaired) electrons. The van der Waals surface area contributed by atoms with E-state index in [2.05, 4.69) is 4.72 Å². The van der Waals surface area contributed by atoms with Crippen molar-refractivity contribution in [1.29, 1.82) is 0 Å². The second-order valence-corrected chi connectivity index (χ2v) is 7.02. The number of nitrogens with one attached hydrogen (secondary N) is 1. The van der Waals surface area contributed by atoms with Crippen molar-refractivity contribution in [3.63, 3.8) is 0 Å². The van der Waals surface area contributed by atoms with Crippen LogP contribution in [0.5, 0.6) is 0 Å². The van der Waals surface area contributed by atoms with Crippen LogP contribution < -0.4 is 4.72 Å². The third kappa shape index (κ3) is 3.38. The van der Waals surface area contributed by atoms with Crippen molar-refractivity contribution < 1.29 is 17.7 Å². The van der Waals surface area contributed by atoms with Gasteiger partial charge in [0.05, 0.1) is 4.92 Å². The van der Waals surface area contributed by atoms with Gasteiger partial charge in [-0.15, -0.1) is 0 Å². The minimum Gasteiger partial charge on any atom is -0.258 e. The van der Waals surface area contributed by atoms with Crippen LogP contribution in [0.4, 0.5) is 10.1 Å². The Morgan fingerprint density at radius 3 is 2.62 bits per heavy atom. The largest absolute Gasteiger partial charge is 0.324 e. The quantitative estimate of drug-likeness (QED) is 0.683. The van der Waals surface area contributed by atoms with Crippen LogP contribution in [-0.2, 0) is 10.0 Å². The molecule has 2 rings (SSSR count). The smallest absolute Gasteiger partial charge is 0.258 e. The van der Waals surface area contributed by atoms with Gasteiger partial charge in [-0.05, 0) is 30.9 Å². The molecule has 0 heterocycles. The number of nitrogens with zero attached hydrogens (tertiary/aromatic N) is 1. The van der Waals surface area contributed by atoms with E-state index in [1.54, 1.807) is 0 Å². The molecule has 0 bridgehead atoms. The fourth-order valence-corrected chi connectivity index (χ4v) is 4.20. The normalized spacial score (nSPS) is 23.0. The summed E-state index contributed by atoms with van der Waals surface area (Å²) in [5, 5.41) is 10.9. The van der Waals surface area contributed by atoms with Crippen molar-refractivity contribution >= 4 is 15.7 Å².